The zero-order chi connectivity index (χ0) is 21.4. The summed E-state index contributed by atoms with van der Waals surface area (Å²) >= 11 is 2.01. The van der Waals surface area contributed by atoms with Gasteiger partial charge in [-0.25, -0.2) is 4.31 Å². The number of ether oxygens (including phenoxy) is 1. The average molecular weight is 441 g/mol. The summed E-state index contributed by atoms with van der Waals surface area (Å²) in [6.07, 6.45) is 6.69. The van der Waals surface area contributed by atoms with Gasteiger partial charge in [-0.1, -0.05) is 11.9 Å². The number of pyridine rings is 2. The van der Waals surface area contributed by atoms with Gasteiger partial charge in [0.1, 0.15) is 5.82 Å². The molecule has 2 aromatic heterocycles. The van der Waals surface area contributed by atoms with Crippen molar-refractivity contribution >= 4 is 17.8 Å². The van der Waals surface area contributed by atoms with Gasteiger partial charge in [-0.3, -0.25) is 9.78 Å². The van der Waals surface area contributed by atoms with E-state index in [0.29, 0.717) is 17.2 Å². The maximum absolute atomic E-state index is 12.6. The maximum atomic E-state index is 12.6. The predicted octanol–water partition coefficient (Wildman–Crippen LogP) is 3.96. The topological polar surface area (TPSA) is 61.5 Å². The number of nitrogens with zero attached hydrogens (tertiary/aromatic N) is 3. The van der Waals surface area contributed by atoms with Crippen molar-refractivity contribution in [3.63, 3.8) is 0 Å². The smallest absolute Gasteiger partial charge is 0.250 e. The Morgan fingerprint density at radius 2 is 1.94 bits per heavy atom. The first-order valence-electron chi connectivity index (χ1n) is 11.5. The number of hydrogen-bond acceptors (Lipinski definition) is 6. The number of rotatable bonds is 5. The van der Waals surface area contributed by atoms with Crippen LogP contribution in [0.2, 0.25) is 0 Å². The summed E-state index contributed by atoms with van der Waals surface area (Å²) in [6, 6.07) is 6.41. The van der Waals surface area contributed by atoms with Crippen LogP contribution >= 0.6 is 11.9 Å². The maximum Gasteiger partial charge on any atom is 0.250 e. The number of nitrogens with one attached hydrogen (secondary N) is 1. The molecule has 2 aromatic rings. The molecular formula is C24H32N4O2S. The van der Waals surface area contributed by atoms with Crippen LogP contribution in [-0.4, -0.2) is 58.4 Å². The normalized spacial score (nSPS) is 23.3. The molecule has 5 rings (SSSR count). The Bertz CT molecular complexity index is 984. The lowest BCUT2D eigenvalue weighted by molar-refractivity contribution is 0.0993. The molecule has 0 radical (unpaired) electrons. The molecule has 0 spiro atoms. The Balaban J connectivity index is 1.34. The van der Waals surface area contributed by atoms with Crippen LogP contribution in [-0.2, 0) is 4.74 Å². The van der Waals surface area contributed by atoms with Gasteiger partial charge in [0, 0.05) is 68.0 Å². The third-order valence-electron chi connectivity index (χ3n) is 6.63. The third-order valence-corrected chi connectivity index (χ3v) is 8.03. The van der Waals surface area contributed by atoms with Gasteiger partial charge >= 0.3 is 0 Å². The number of anilines is 1. The fourth-order valence-electron chi connectivity index (χ4n) is 4.66. The molecule has 1 aliphatic carbocycles. The van der Waals surface area contributed by atoms with Crippen molar-refractivity contribution in [1.29, 1.82) is 0 Å². The number of H-pyrrole nitrogens is 1. The van der Waals surface area contributed by atoms with Crippen LogP contribution in [0, 0.1) is 6.92 Å². The molecule has 4 heterocycles. The van der Waals surface area contributed by atoms with E-state index in [2.05, 4.69) is 45.2 Å². The van der Waals surface area contributed by atoms with E-state index in [0.717, 1.165) is 73.9 Å². The largest absolute Gasteiger partial charge is 0.381 e. The fourth-order valence-corrected chi connectivity index (χ4v) is 5.98. The molecule has 1 saturated carbocycles. The van der Waals surface area contributed by atoms with Crippen molar-refractivity contribution in [2.24, 2.45) is 0 Å². The SMILES string of the molecule is Cc1cnc(C2CC2)cc1-c1cc(N2CCN(SC3CCOCC3)CC2C)[nH]c(=O)c1. The van der Waals surface area contributed by atoms with Gasteiger partial charge in [0.05, 0.1) is 0 Å². The summed E-state index contributed by atoms with van der Waals surface area (Å²) in [4.78, 5) is 22.6. The van der Waals surface area contributed by atoms with E-state index >= 15 is 0 Å². The second kappa shape index (κ2) is 8.96. The van der Waals surface area contributed by atoms with E-state index in [9.17, 15) is 4.79 Å². The number of aromatic nitrogens is 2. The molecular weight excluding hydrogens is 408 g/mol. The molecule has 3 fully saturated rings. The van der Waals surface area contributed by atoms with Crippen molar-refractivity contribution in [2.75, 3.05) is 37.7 Å². The number of piperazine rings is 1. The lowest BCUT2D eigenvalue weighted by Gasteiger charge is -2.41. The molecule has 2 saturated heterocycles. The highest BCUT2D eigenvalue weighted by Crippen LogP contribution is 2.40. The average Bonchev–Trinajstić information content (AvgIpc) is 3.60. The molecule has 1 N–H and O–H groups in total. The van der Waals surface area contributed by atoms with Crippen LogP contribution in [0.3, 0.4) is 0 Å². The Hall–Kier alpha value is -1.83. The molecule has 2 aliphatic heterocycles. The molecule has 0 aromatic carbocycles. The van der Waals surface area contributed by atoms with Gasteiger partial charge in [-0.15, -0.1) is 0 Å². The molecule has 0 amide bonds. The Morgan fingerprint density at radius 3 is 2.68 bits per heavy atom. The zero-order valence-electron chi connectivity index (χ0n) is 18.5. The third kappa shape index (κ3) is 4.83. The van der Waals surface area contributed by atoms with E-state index < -0.39 is 0 Å². The van der Waals surface area contributed by atoms with Crippen LogP contribution in [0.15, 0.2) is 29.2 Å². The lowest BCUT2D eigenvalue weighted by atomic mass is 10.0. The highest BCUT2D eigenvalue weighted by Gasteiger charge is 2.28. The van der Waals surface area contributed by atoms with Gasteiger partial charge in [0.15, 0.2) is 0 Å². The van der Waals surface area contributed by atoms with E-state index in [-0.39, 0.29) is 5.56 Å². The molecule has 3 aliphatic rings. The number of aryl methyl sites for hydroxylation is 1. The standard InChI is InChI=1S/C24H32N4O2S/c1-16-14-25-22(18-3-4-18)13-21(16)19-11-23(26-24(29)12-19)28-8-7-27(15-17(28)2)31-20-5-9-30-10-6-20/h11-14,17-18,20H,3-10,15H2,1-2H3,(H,26,29). The Kier molecular flexibility index (Phi) is 6.08. The second-order valence-corrected chi connectivity index (χ2v) is 10.6. The summed E-state index contributed by atoms with van der Waals surface area (Å²) in [6.45, 7) is 9.02. The summed E-state index contributed by atoms with van der Waals surface area (Å²) in [5.41, 5.74) is 4.36. The van der Waals surface area contributed by atoms with Gasteiger partial charge in [0.25, 0.3) is 0 Å². The van der Waals surface area contributed by atoms with Gasteiger partial charge in [0.2, 0.25) is 5.56 Å². The van der Waals surface area contributed by atoms with Crippen LogP contribution in [0.25, 0.3) is 11.1 Å². The summed E-state index contributed by atoms with van der Waals surface area (Å²) < 4.78 is 8.01. The predicted molar refractivity (Wildman–Crippen MR) is 127 cm³/mol. The van der Waals surface area contributed by atoms with Crippen molar-refractivity contribution < 1.29 is 4.74 Å². The Morgan fingerprint density at radius 1 is 1.13 bits per heavy atom. The summed E-state index contributed by atoms with van der Waals surface area (Å²) in [5.74, 6) is 1.53. The van der Waals surface area contributed by atoms with Gasteiger partial charge < -0.3 is 14.6 Å². The van der Waals surface area contributed by atoms with Crippen LogP contribution in [0.1, 0.15) is 49.8 Å². The number of hydrogen-bond donors (Lipinski definition) is 1. The minimum atomic E-state index is -0.0390. The highest BCUT2D eigenvalue weighted by atomic mass is 32.2. The molecule has 0 bridgehead atoms. The fraction of sp³-hybridized carbons (Fsp3) is 0.583. The van der Waals surface area contributed by atoms with E-state index in [1.165, 1.54) is 12.8 Å². The van der Waals surface area contributed by atoms with Crippen molar-refractivity contribution in [1.82, 2.24) is 14.3 Å². The van der Waals surface area contributed by atoms with Crippen LogP contribution in [0.5, 0.6) is 0 Å². The van der Waals surface area contributed by atoms with Crippen molar-refractivity contribution in [3.8, 4) is 11.1 Å². The second-order valence-electron chi connectivity index (χ2n) is 9.16. The molecule has 7 heteroatoms. The molecule has 1 atom stereocenters. The molecule has 31 heavy (non-hydrogen) atoms. The van der Waals surface area contributed by atoms with Crippen molar-refractivity contribution in [3.05, 3.63) is 46.0 Å². The van der Waals surface area contributed by atoms with E-state index in [1.807, 2.05) is 18.1 Å². The highest BCUT2D eigenvalue weighted by molar-refractivity contribution is 7.97. The summed E-state index contributed by atoms with van der Waals surface area (Å²) in [7, 11) is 0. The van der Waals surface area contributed by atoms with E-state index in [4.69, 9.17) is 4.74 Å². The van der Waals surface area contributed by atoms with Crippen LogP contribution < -0.4 is 10.5 Å². The first-order valence-corrected chi connectivity index (χ1v) is 12.4. The first kappa shape index (κ1) is 21.0. The van der Waals surface area contributed by atoms with Crippen molar-refractivity contribution in [2.45, 2.75) is 56.7 Å². The monoisotopic (exact) mass is 440 g/mol. The molecule has 6 nitrogen and oxygen atoms in total. The van der Waals surface area contributed by atoms with Gasteiger partial charge in [-0.05, 0) is 68.4 Å². The zero-order valence-corrected chi connectivity index (χ0v) is 19.3. The minimum Gasteiger partial charge on any atom is -0.381 e. The lowest BCUT2D eigenvalue weighted by Crippen LogP contribution is -2.50. The summed E-state index contributed by atoms with van der Waals surface area (Å²) in [5, 5.41) is 0.672. The van der Waals surface area contributed by atoms with E-state index in [1.54, 1.807) is 6.07 Å². The molecule has 1 unspecified atom stereocenters. The molecule has 166 valence electrons. The minimum absolute atomic E-state index is 0.0390. The van der Waals surface area contributed by atoms with Gasteiger partial charge in [-0.2, -0.15) is 0 Å². The first-order chi connectivity index (χ1) is 15.1. The Labute approximate surface area is 188 Å². The number of aromatic amines is 1. The van der Waals surface area contributed by atoms with Crippen LogP contribution in [0.4, 0.5) is 5.82 Å². The quantitative estimate of drug-likeness (QED) is 0.710.